The first-order valence-corrected chi connectivity index (χ1v) is 7.64. The Balaban J connectivity index is 2.16. The molecule has 1 N–H and O–H groups in total. The molecule has 2 aromatic heterocycles. The molecule has 0 aromatic carbocycles. The third-order valence-electron chi connectivity index (χ3n) is 3.02. The average Bonchev–Trinajstić information content (AvgIpc) is 2.95. The van der Waals surface area contributed by atoms with Gasteiger partial charge >= 0.3 is 0 Å². The maximum absolute atomic E-state index is 12.5. The lowest BCUT2D eigenvalue weighted by Gasteiger charge is -2.22. The third kappa shape index (κ3) is 3.81. The number of nitrogens with zero attached hydrogens (tertiary/aromatic N) is 1. The van der Waals surface area contributed by atoms with Crippen molar-refractivity contribution in [3.8, 4) is 0 Å². The molecule has 5 heteroatoms. The number of hydrogen-bond donors (Lipinski definition) is 1. The van der Waals surface area contributed by atoms with Crippen LogP contribution in [-0.2, 0) is 6.54 Å². The van der Waals surface area contributed by atoms with Gasteiger partial charge in [0, 0.05) is 19.2 Å². The lowest BCUT2D eigenvalue weighted by Crippen LogP contribution is -2.32. The molecular formula is C15H18N2O2S. The van der Waals surface area contributed by atoms with Gasteiger partial charge in [-0.05, 0) is 34.9 Å². The largest absolute Gasteiger partial charge is 0.333 e. The Morgan fingerprint density at radius 2 is 2.20 bits per heavy atom. The second-order valence-electron chi connectivity index (χ2n) is 4.64. The molecule has 0 saturated carbocycles. The van der Waals surface area contributed by atoms with Gasteiger partial charge in [0.1, 0.15) is 5.69 Å². The van der Waals surface area contributed by atoms with Crippen LogP contribution in [-0.4, -0.2) is 22.3 Å². The first kappa shape index (κ1) is 14.5. The van der Waals surface area contributed by atoms with E-state index in [0.717, 1.165) is 18.4 Å². The van der Waals surface area contributed by atoms with Gasteiger partial charge in [0.25, 0.3) is 5.91 Å². The van der Waals surface area contributed by atoms with Crippen molar-refractivity contribution >= 4 is 17.2 Å². The number of amides is 1. The van der Waals surface area contributed by atoms with Gasteiger partial charge in [-0.15, -0.1) is 0 Å². The van der Waals surface area contributed by atoms with Crippen LogP contribution in [0.4, 0.5) is 0 Å². The fourth-order valence-corrected chi connectivity index (χ4v) is 2.61. The van der Waals surface area contributed by atoms with E-state index in [-0.39, 0.29) is 11.5 Å². The molecule has 1 amide bonds. The lowest BCUT2D eigenvalue weighted by molar-refractivity contribution is 0.0734. The normalized spacial score (nSPS) is 10.4. The van der Waals surface area contributed by atoms with E-state index >= 15 is 0 Å². The summed E-state index contributed by atoms with van der Waals surface area (Å²) in [7, 11) is 0. The van der Waals surface area contributed by atoms with Crippen molar-refractivity contribution in [1.82, 2.24) is 9.88 Å². The number of carbonyl (C=O) groups is 1. The van der Waals surface area contributed by atoms with E-state index in [1.54, 1.807) is 28.4 Å². The topological polar surface area (TPSA) is 53.2 Å². The molecule has 0 unspecified atom stereocenters. The van der Waals surface area contributed by atoms with Gasteiger partial charge in [-0.2, -0.15) is 11.3 Å². The van der Waals surface area contributed by atoms with Crippen molar-refractivity contribution < 1.29 is 4.79 Å². The summed E-state index contributed by atoms with van der Waals surface area (Å²) in [5.74, 6) is -0.123. The summed E-state index contributed by atoms with van der Waals surface area (Å²) in [5, 5.41) is 4.04. The number of thiophene rings is 1. The molecule has 0 radical (unpaired) electrons. The first-order chi connectivity index (χ1) is 9.70. The highest BCUT2D eigenvalue weighted by Crippen LogP contribution is 2.12. The number of pyridine rings is 1. The molecule has 2 heterocycles. The van der Waals surface area contributed by atoms with Crippen LogP contribution >= 0.6 is 11.3 Å². The minimum absolute atomic E-state index is 0.123. The molecule has 0 aliphatic rings. The highest BCUT2D eigenvalue weighted by atomic mass is 32.1. The Kier molecular flexibility index (Phi) is 5.12. The Labute approximate surface area is 122 Å². The number of carbonyl (C=O) groups excluding carboxylic acids is 1. The van der Waals surface area contributed by atoms with Crippen LogP contribution in [0.1, 0.15) is 35.8 Å². The molecule has 20 heavy (non-hydrogen) atoms. The average molecular weight is 290 g/mol. The van der Waals surface area contributed by atoms with Crippen molar-refractivity contribution in [2.45, 2.75) is 26.3 Å². The Bertz CT molecular complexity index is 604. The SMILES string of the molecule is CCCCN(Cc1ccsc1)C(=O)c1cccc(=O)[nH]1. The Hall–Kier alpha value is -1.88. The van der Waals surface area contributed by atoms with E-state index in [1.165, 1.54) is 6.07 Å². The third-order valence-corrected chi connectivity index (χ3v) is 3.75. The number of nitrogens with one attached hydrogen (secondary N) is 1. The van der Waals surface area contributed by atoms with E-state index in [9.17, 15) is 9.59 Å². The second-order valence-corrected chi connectivity index (χ2v) is 5.42. The van der Waals surface area contributed by atoms with Crippen LogP contribution in [0.2, 0.25) is 0 Å². The number of aromatic amines is 1. The number of aromatic nitrogens is 1. The van der Waals surface area contributed by atoms with Crippen molar-refractivity contribution in [1.29, 1.82) is 0 Å². The first-order valence-electron chi connectivity index (χ1n) is 6.70. The zero-order valence-electron chi connectivity index (χ0n) is 11.5. The molecule has 0 atom stereocenters. The summed E-state index contributed by atoms with van der Waals surface area (Å²) >= 11 is 1.62. The van der Waals surface area contributed by atoms with Crippen LogP contribution in [0.25, 0.3) is 0 Å². The predicted octanol–water partition coefficient (Wildman–Crippen LogP) is 2.88. The van der Waals surface area contributed by atoms with Crippen molar-refractivity contribution in [2.75, 3.05) is 6.54 Å². The van der Waals surface area contributed by atoms with E-state index in [4.69, 9.17) is 0 Å². The van der Waals surface area contributed by atoms with E-state index in [2.05, 4.69) is 11.9 Å². The number of H-pyrrole nitrogens is 1. The molecule has 106 valence electrons. The van der Waals surface area contributed by atoms with Crippen molar-refractivity contribution in [2.24, 2.45) is 0 Å². The molecule has 0 aliphatic heterocycles. The standard InChI is InChI=1S/C15H18N2O2S/c1-2-3-8-17(10-12-7-9-20-11-12)15(19)13-5-4-6-14(18)16-13/h4-7,9,11H,2-3,8,10H2,1H3,(H,16,18). The minimum atomic E-state index is -0.248. The van der Waals surface area contributed by atoms with Crippen LogP contribution in [0, 0.1) is 0 Å². The van der Waals surface area contributed by atoms with Crippen molar-refractivity contribution in [3.05, 3.63) is 56.6 Å². The fraction of sp³-hybridized carbons (Fsp3) is 0.333. The van der Waals surface area contributed by atoms with Crippen LogP contribution < -0.4 is 5.56 Å². The smallest absolute Gasteiger partial charge is 0.270 e. The Morgan fingerprint density at radius 1 is 1.35 bits per heavy atom. The molecule has 2 aromatic rings. The molecule has 0 bridgehead atoms. The minimum Gasteiger partial charge on any atom is -0.333 e. The molecule has 2 rings (SSSR count). The maximum atomic E-state index is 12.5. The quantitative estimate of drug-likeness (QED) is 0.889. The van der Waals surface area contributed by atoms with Gasteiger partial charge in [-0.1, -0.05) is 19.4 Å². The molecule has 0 aliphatic carbocycles. The fourth-order valence-electron chi connectivity index (χ4n) is 1.95. The highest BCUT2D eigenvalue weighted by Gasteiger charge is 2.16. The van der Waals surface area contributed by atoms with Gasteiger partial charge in [0.2, 0.25) is 5.56 Å². The second kappa shape index (κ2) is 7.05. The maximum Gasteiger partial charge on any atom is 0.270 e. The van der Waals surface area contributed by atoms with Crippen LogP contribution in [0.15, 0.2) is 39.8 Å². The summed E-state index contributed by atoms with van der Waals surface area (Å²) in [5.41, 5.74) is 1.23. The molecule has 0 spiro atoms. The number of hydrogen-bond acceptors (Lipinski definition) is 3. The number of unbranched alkanes of at least 4 members (excludes halogenated alkanes) is 1. The van der Waals surface area contributed by atoms with Gasteiger partial charge in [-0.25, -0.2) is 0 Å². The van der Waals surface area contributed by atoms with Crippen LogP contribution in [0.5, 0.6) is 0 Å². The summed E-state index contributed by atoms with van der Waals surface area (Å²) in [6.07, 6.45) is 1.98. The van der Waals surface area contributed by atoms with E-state index in [1.807, 2.05) is 16.8 Å². The van der Waals surface area contributed by atoms with Gasteiger partial charge in [0.05, 0.1) is 0 Å². The molecular weight excluding hydrogens is 272 g/mol. The lowest BCUT2D eigenvalue weighted by atomic mass is 10.2. The zero-order valence-corrected chi connectivity index (χ0v) is 12.3. The molecule has 0 fully saturated rings. The predicted molar refractivity (Wildman–Crippen MR) is 81.0 cm³/mol. The van der Waals surface area contributed by atoms with Gasteiger partial charge in [-0.3, -0.25) is 9.59 Å². The highest BCUT2D eigenvalue weighted by molar-refractivity contribution is 7.07. The molecule has 0 saturated heterocycles. The van der Waals surface area contributed by atoms with E-state index < -0.39 is 0 Å². The molecule has 4 nitrogen and oxygen atoms in total. The van der Waals surface area contributed by atoms with E-state index in [0.29, 0.717) is 18.8 Å². The number of rotatable bonds is 6. The summed E-state index contributed by atoms with van der Waals surface area (Å²) in [6, 6.07) is 6.68. The summed E-state index contributed by atoms with van der Waals surface area (Å²) in [4.78, 5) is 28.2. The monoisotopic (exact) mass is 290 g/mol. The van der Waals surface area contributed by atoms with Gasteiger partial charge < -0.3 is 9.88 Å². The summed E-state index contributed by atoms with van der Waals surface area (Å²) in [6.45, 7) is 3.37. The van der Waals surface area contributed by atoms with Gasteiger partial charge in [0.15, 0.2) is 0 Å². The zero-order chi connectivity index (χ0) is 14.4. The summed E-state index contributed by atoms with van der Waals surface area (Å²) < 4.78 is 0. The Morgan fingerprint density at radius 3 is 2.85 bits per heavy atom. The van der Waals surface area contributed by atoms with Crippen molar-refractivity contribution in [3.63, 3.8) is 0 Å². The van der Waals surface area contributed by atoms with Crippen LogP contribution in [0.3, 0.4) is 0 Å².